The molecule has 1 saturated heterocycles. The van der Waals surface area contributed by atoms with Crippen LogP contribution < -0.4 is 5.73 Å². The number of rotatable bonds is 2. The normalized spacial score (nSPS) is 20.2. The molecule has 1 fully saturated rings. The highest BCUT2D eigenvalue weighted by Crippen LogP contribution is 2.31. The molecule has 2 heterocycles. The van der Waals surface area contributed by atoms with Crippen molar-refractivity contribution in [2.24, 2.45) is 5.73 Å². The van der Waals surface area contributed by atoms with Crippen LogP contribution in [0.4, 0.5) is 0 Å². The molecule has 0 aliphatic carbocycles. The van der Waals surface area contributed by atoms with Crippen LogP contribution in [0.15, 0.2) is 5.38 Å². The number of nitrogens with zero attached hydrogens (tertiary/aromatic N) is 2. The Hall–Kier alpha value is -0.450. The van der Waals surface area contributed by atoms with Crippen LogP contribution in [-0.2, 0) is 5.54 Å². The molecule has 0 spiro atoms. The van der Waals surface area contributed by atoms with E-state index in [0.29, 0.717) is 5.92 Å². The SMILES string of the molecule is CN1CCC(c2nc(C(C)(C)N)cs2)CC1. The summed E-state index contributed by atoms with van der Waals surface area (Å²) in [5.41, 5.74) is 6.79. The van der Waals surface area contributed by atoms with E-state index >= 15 is 0 Å². The van der Waals surface area contributed by atoms with Gasteiger partial charge in [-0.3, -0.25) is 0 Å². The van der Waals surface area contributed by atoms with Gasteiger partial charge in [0.15, 0.2) is 0 Å². The maximum Gasteiger partial charge on any atom is 0.0961 e. The first-order valence-corrected chi connectivity index (χ1v) is 6.78. The van der Waals surface area contributed by atoms with E-state index < -0.39 is 0 Å². The molecule has 0 aromatic carbocycles. The minimum Gasteiger partial charge on any atom is -0.321 e. The second-order valence-electron chi connectivity index (χ2n) is 5.37. The Morgan fingerprint density at radius 3 is 2.56 bits per heavy atom. The topological polar surface area (TPSA) is 42.2 Å². The van der Waals surface area contributed by atoms with E-state index in [1.165, 1.54) is 30.9 Å². The summed E-state index contributed by atoms with van der Waals surface area (Å²) in [6, 6.07) is 0. The zero-order valence-corrected chi connectivity index (χ0v) is 11.2. The lowest BCUT2D eigenvalue weighted by atomic mass is 9.97. The molecule has 1 aromatic rings. The molecule has 1 aliphatic heterocycles. The molecule has 16 heavy (non-hydrogen) atoms. The van der Waals surface area contributed by atoms with Gasteiger partial charge in [0.25, 0.3) is 0 Å². The zero-order chi connectivity index (χ0) is 11.8. The van der Waals surface area contributed by atoms with Crippen molar-refractivity contribution in [2.75, 3.05) is 20.1 Å². The van der Waals surface area contributed by atoms with Crippen molar-refractivity contribution in [1.29, 1.82) is 0 Å². The lowest BCUT2D eigenvalue weighted by Crippen LogP contribution is -2.30. The third kappa shape index (κ3) is 2.62. The van der Waals surface area contributed by atoms with Gasteiger partial charge in [0.2, 0.25) is 0 Å². The number of nitrogens with two attached hydrogens (primary N) is 1. The molecule has 2 rings (SSSR count). The summed E-state index contributed by atoms with van der Waals surface area (Å²) in [5, 5.41) is 3.40. The van der Waals surface area contributed by atoms with Gasteiger partial charge >= 0.3 is 0 Å². The first kappa shape index (κ1) is 12.0. The highest BCUT2D eigenvalue weighted by molar-refractivity contribution is 7.09. The molecule has 4 heteroatoms. The van der Waals surface area contributed by atoms with Gasteiger partial charge < -0.3 is 10.6 Å². The average molecular weight is 239 g/mol. The fraction of sp³-hybridized carbons (Fsp3) is 0.750. The Labute approximate surface area is 102 Å². The summed E-state index contributed by atoms with van der Waals surface area (Å²) < 4.78 is 0. The van der Waals surface area contributed by atoms with Crippen molar-refractivity contribution in [3.05, 3.63) is 16.1 Å². The second-order valence-corrected chi connectivity index (χ2v) is 6.26. The second kappa shape index (κ2) is 4.43. The summed E-state index contributed by atoms with van der Waals surface area (Å²) in [7, 11) is 2.19. The van der Waals surface area contributed by atoms with E-state index in [0.717, 1.165) is 5.69 Å². The van der Waals surface area contributed by atoms with Crippen molar-refractivity contribution in [2.45, 2.75) is 38.1 Å². The number of thiazole rings is 1. The first-order valence-electron chi connectivity index (χ1n) is 5.90. The van der Waals surface area contributed by atoms with E-state index in [4.69, 9.17) is 10.7 Å². The van der Waals surface area contributed by atoms with Crippen LogP contribution >= 0.6 is 11.3 Å². The minimum absolute atomic E-state index is 0.305. The van der Waals surface area contributed by atoms with Gasteiger partial charge in [-0.05, 0) is 46.8 Å². The lowest BCUT2D eigenvalue weighted by molar-refractivity contribution is 0.255. The van der Waals surface area contributed by atoms with E-state index in [-0.39, 0.29) is 5.54 Å². The standard InChI is InChI=1S/C12H21N3S/c1-12(2,13)10-8-16-11(14-10)9-4-6-15(3)7-5-9/h8-9H,4-7,13H2,1-3H3. The van der Waals surface area contributed by atoms with Crippen molar-refractivity contribution < 1.29 is 0 Å². The summed E-state index contributed by atoms with van der Waals surface area (Å²) in [6.45, 7) is 6.40. The van der Waals surface area contributed by atoms with Crippen molar-refractivity contribution in [1.82, 2.24) is 9.88 Å². The molecule has 3 nitrogen and oxygen atoms in total. The van der Waals surface area contributed by atoms with Gasteiger partial charge in [0.05, 0.1) is 16.2 Å². The Morgan fingerprint density at radius 1 is 1.44 bits per heavy atom. The number of hydrogen-bond acceptors (Lipinski definition) is 4. The quantitative estimate of drug-likeness (QED) is 0.860. The minimum atomic E-state index is -0.305. The first-order chi connectivity index (χ1) is 7.47. The number of likely N-dealkylation sites (tertiary alicyclic amines) is 1. The summed E-state index contributed by atoms with van der Waals surface area (Å²) in [5.74, 6) is 0.650. The molecular formula is C12H21N3S. The van der Waals surface area contributed by atoms with E-state index in [9.17, 15) is 0 Å². The predicted molar refractivity (Wildman–Crippen MR) is 68.8 cm³/mol. The average Bonchev–Trinajstić information content (AvgIpc) is 2.67. The van der Waals surface area contributed by atoms with Crippen LogP contribution in [0.1, 0.15) is 43.3 Å². The monoisotopic (exact) mass is 239 g/mol. The summed E-state index contributed by atoms with van der Waals surface area (Å²) in [4.78, 5) is 7.09. The van der Waals surface area contributed by atoms with Crippen molar-refractivity contribution in [3.8, 4) is 0 Å². The molecule has 0 amide bonds. The van der Waals surface area contributed by atoms with Crippen LogP contribution in [0.3, 0.4) is 0 Å². The fourth-order valence-electron chi connectivity index (χ4n) is 2.03. The highest BCUT2D eigenvalue weighted by atomic mass is 32.1. The predicted octanol–water partition coefficient (Wildman–Crippen LogP) is 2.15. The molecule has 1 aliphatic rings. The van der Waals surface area contributed by atoms with E-state index in [1.807, 2.05) is 13.8 Å². The Balaban J connectivity index is 2.08. The van der Waals surface area contributed by atoms with E-state index in [2.05, 4.69) is 17.3 Å². The maximum absolute atomic E-state index is 6.06. The largest absolute Gasteiger partial charge is 0.321 e. The van der Waals surface area contributed by atoms with Crippen LogP contribution in [-0.4, -0.2) is 30.0 Å². The molecule has 0 atom stereocenters. The van der Waals surface area contributed by atoms with Crippen LogP contribution in [0.2, 0.25) is 0 Å². The third-order valence-corrected chi connectivity index (χ3v) is 4.26. The molecule has 1 aromatic heterocycles. The molecule has 2 N–H and O–H groups in total. The summed E-state index contributed by atoms with van der Waals surface area (Å²) in [6.07, 6.45) is 2.46. The van der Waals surface area contributed by atoms with Gasteiger partial charge in [-0.1, -0.05) is 0 Å². The number of aromatic nitrogens is 1. The molecule has 0 unspecified atom stereocenters. The Bertz CT molecular complexity index is 345. The van der Waals surface area contributed by atoms with Gasteiger partial charge in [0.1, 0.15) is 0 Å². The van der Waals surface area contributed by atoms with E-state index in [1.54, 1.807) is 11.3 Å². The summed E-state index contributed by atoms with van der Waals surface area (Å²) >= 11 is 1.77. The highest BCUT2D eigenvalue weighted by Gasteiger charge is 2.24. The third-order valence-electron chi connectivity index (χ3n) is 3.25. The van der Waals surface area contributed by atoms with Crippen LogP contribution in [0.25, 0.3) is 0 Å². The van der Waals surface area contributed by atoms with Gasteiger partial charge in [-0.2, -0.15) is 0 Å². The molecular weight excluding hydrogens is 218 g/mol. The molecule has 90 valence electrons. The van der Waals surface area contributed by atoms with Gasteiger partial charge in [0, 0.05) is 11.3 Å². The number of hydrogen-bond donors (Lipinski definition) is 1. The maximum atomic E-state index is 6.06. The van der Waals surface area contributed by atoms with Gasteiger partial charge in [-0.25, -0.2) is 4.98 Å². The zero-order valence-electron chi connectivity index (χ0n) is 10.4. The fourth-order valence-corrected chi connectivity index (χ4v) is 3.19. The Kier molecular flexibility index (Phi) is 3.33. The smallest absolute Gasteiger partial charge is 0.0961 e. The van der Waals surface area contributed by atoms with Gasteiger partial charge in [-0.15, -0.1) is 11.3 Å². The lowest BCUT2D eigenvalue weighted by Gasteiger charge is -2.27. The van der Waals surface area contributed by atoms with Crippen molar-refractivity contribution >= 4 is 11.3 Å². The molecule has 0 bridgehead atoms. The number of piperidine rings is 1. The molecule has 0 saturated carbocycles. The van der Waals surface area contributed by atoms with Crippen molar-refractivity contribution in [3.63, 3.8) is 0 Å². The molecule has 0 radical (unpaired) electrons. The van der Waals surface area contributed by atoms with Crippen LogP contribution in [0, 0.1) is 0 Å². The van der Waals surface area contributed by atoms with Crippen LogP contribution in [0.5, 0.6) is 0 Å². The Morgan fingerprint density at radius 2 is 2.06 bits per heavy atom.